The Labute approximate surface area is 238 Å². The largest absolute Gasteiger partial charge is 0.321 e. The molecule has 0 aliphatic heterocycles. The molecule has 0 aliphatic carbocycles. The smallest absolute Gasteiger partial charge is 0.178 e. The summed E-state index contributed by atoms with van der Waals surface area (Å²) in [6.07, 6.45) is 8.80. The standard InChI is InChI=1S/C37H30N4/c1-38-19-17-36-32(23-38)30-21-28(26-9-5-3-6-10-26)13-15-34(30)40(36)25-41-35-16-14-29(27-11-7-4-8-12-27)22-31(35)33-24-39(2)20-18-37(33)41/h3-24H,25H2,1-2H3/q+2. The fourth-order valence-corrected chi connectivity index (χ4v) is 6.37. The fourth-order valence-electron chi connectivity index (χ4n) is 6.37. The Morgan fingerprint density at radius 2 is 0.854 bits per heavy atom. The van der Waals surface area contributed by atoms with Gasteiger partial charge >= 0.3 is 0 Å². The zero-order valence-corrected chi connectivity index (χ0v) is 23.2. The highest BCUT2D eigenvalue weighted by molar-refractivity contribution is 6.10. The molecule has 0 saturated carbocycles. The average Bonchev–Trinajstić information content (AvgIpc) is 3.49. The summed E-state index contributed by atoms with van der Waals surface area (Å²) in [5, 5.41) is 5.08. The lowest BCUT2D eigenvalue weighted by Crippen LogP contribution is -2.26. The number of hydrogen-bond donors (Lipinski definition) is 0. The minimum Gasteiger partial charge on any atom is -0.321 e. The van der Waals surface area contributed by atoms with Gasteiger partial charge < -0.3 is 9.13 Å². The summed E-state index contributed by atoms with van der Waals surface area (Å²) < 4.78 is 9.23. The minimum absolute atomic E-state index is 0.719. The zero-order valence-electron chi connectivity index (χ0n) is 23.2. The van der Waals surface area contributed by atoms with Crippen molar-refractivity contribution in [1.29, 1.82) is 0 Å². The molecule has 4 aromatic heterocycles. The van der Waals surface area contributed by atoms with Crippen LogP contribution in [-0.2, 0) is 20.8 Å². The van der Waals surface area contributed by atoms with E-state index in [9.17, 15) is 0 Å². The van der Waals surface area contributed by atoms with Crippen LogP contribution in [0.15, 0.2) is 134 Å². The van der Waals surface area contributed by atoms with Gasteiger partial charge in [-0.1, -0.05) is 72.8 Å². The molecule has 0 spiro atoms. The number of hydrogen-bond acceptors (Lipinski definition) is 0. The van der Waals surface area contributed by atoms with Crippen LogP contribution in [0.25, 0.3) is 65.9 Å². The third-order valence-corrected chi connectivity index (χ3v) is 8.39. The Balaban J connectivity index is 1.36. The van der Waals surface area contributed by atoms with Gasteiger partial charge in [0, 0.05) is 22.9 Å². The van der Waals surface area contributed by atoms with Crippen LogP contribution in [0.5, 0.6) is 0 Å². The number of aromatic nitrogens is 4. The van der Waals surface area contributed by atoms with Gasteiger partial charge in [0.1, 0.15) is 20.8 Å². The Kier molecular flexibility index (Phi) is 5.29. The second kappa shape index (κ2) is 9.17. The van der Waals surface area contributed by atoms with Crippen molar-refractivity contribution in [2.45, 2.75) is 6.67 Å². The van der Waals surface area contributed by atoms with Crippen molar-refractivity contribution >= 4 is 43.6 Å². The molecule has 0 saturated heterocycles. The van der Waals surface area contributed by atoms with E-state index in [0.717, 1.165) is 6.67 Å². The van der Waals surface area contributed by atoms with Crippen LogP contribution in [0.3, 0.4) is 0 Å². The van der Waals surface area contributed by atoms with Crippen LogP contribution in [0, 0.1) is 0 Å². The summed E-state index contributed by atoms with van der Waals surface area (Å²) in [6, 6.07) is 39.6. The maximum absolute atomic E-state index is 2.47. The number of aryl methyl sites for hydroxylation is 2. The summed E-state index contributed by atoms with van der Waals surface area (Å²) in [7, 11) is 4.20. The molecule has 4 heterocycles. The van der Waals surface area contributed by atoms with Gasteiger partial charge in [0.05, 0.1) is 32.8 Å². The Morgan fingerprint density at radius 1 is 0.439 bits per heavy atom. The van der Waals surface area contributed by atoms with E-state index in [4.69, 9.17) is 0 Å². The van der Waals surface area contributed by atoms with Crippen LogP contribution < -0.4 is 9.13 Å². The first kappa shape index (κ1) is 23.6. The van der Waals surface area contributed by atoms with Gasteiger partial charge in [-0.3, -0.25) is 0 Å². The van der Waals surface area contributed by atoms with Gasteiger partial charge in [0.15, 0.2) is 24.8 Å². The lowest BCUT2D eigenvalue weighted by molar-refractivity contribution is -0.670. The van der Waals surface area contributed by atoms with E-state index >= 15 is 0 Å². The first-order chi connectivity index (χ1) is 20.1. The molecule has 196 valence electrons. The van der Waals surface area contributed by atoms with E-state index in [-0.39, 0.29) is 0 Å². The topological polar surface area (TPSA) is 17.6 Å². The van der Waals surface area contributed by atoms with Crippen LogP contribution in [0.2, 0.25) is 0 Å². The van der Waals surface area contributed by atoms with E-state index in [0.29, 0.717) is 0 Å². The van der Waals surface area contributed by atoms with Gasteiger partial charge in [0.25, 0.3) is 0 Å². The van der Waals surface area contributed by atoms with Crippen LogP contribution in [0.1, 0.15) is 0 Å². The monoisotopic (exact) mass is 530 g/mol. The van der Waals surface area contributed by atoms with E-state index < -0.39 is 0 Å². The van der Waals surface area contributed by atoms with Crippen molar-refractivity contribution in [3.05, 3.63) is 134 Å². The van der Waals surface area contributed by atoms with E-state index in [1.807, 2.05) is 0 Å². The molecule has 4 nitrogen and oxygen atoms in total. The molecule has 41 heavy (non-hydrogen) atoms. The van der Waals surface area contributed by atoms with Crippen LogP contribution in [-0.4, -0.2) is 9.13 Å². The van der Waals surface area contributed by atoms with E-state index in [1.54, 1.807) is 0 Å². The van der Waals surface area contributed by atoms with Crippen LogP contribution in [0.4, 0.5) is 0 Å². The lowest BCUT2D eigenvalue weighted by atomic mass is 10.0. The van der Waals surface area contributed by atoms with Crippen molar-refractivity contribution in [3.63, 3.8) is 0 Å². The van der Waals surface area contributed by atoms with Crippen molar-refractivity contribution in [1.82, 2.24) is 9.13 Å². The van der Waals surface area contributed by atoms with Gasteiger partial charge in [0.2, 0.25) is 0 Å². The van der Waals surface area contributed by atoms with Crippen molar-refractivity contribution < 1.29 is 9.13 Å². The SMILES string of the molecule is C[n+]1ccc2c(c1)c1cc(-c3ccccc3)ccc1n2Cn1c2ccc(-c3ccccc3)cc2c2c[n+](C)ccc21. The number of benzene rings is 4. The summed E-state index contributed by atoms with van der Waals surface area (Å²) in [5.41, 5.74) is 9.90. The molecule has 0 atom stereocenters. The first-order valence-corrected chi connectivity index (χ1v) is 14.1. The van der Waals surface area contributed by atoms with E-state index in [1.165, 1.54) is 65.9 Å². The second-order valence-corrected chi connectivity index (χ2v) is 11.0. The molecular weight excluding hydrogens is 500 g/mol. The molecule has 0 aliphatic rings. The molecule has 0 amide bonds. The number of fused-ring (bicyclic) bond motifs is 6. The molecule has 8 rings (SSSR count). The molecule has 4 aromatic carbocycles. The van der Waals surface area contributed by atoms with Gasteiger partial charge in [-0.25, -0.2) is 9.13 Å². The van der Waals surface area contributed by atoms with Gasteiger partial charge in [-0.2, -0.15) is 0 Å². The summed E-state index contributed by atoms with van der Waals surface area (Å²) >= 11 is 0. The van der Waals surface area contributed by atoms with Gasteiger partial charge in [-0.15, -0.1) is 0 Å². The molecule has 0 fully saturated rings. The summed E-state index contributed by atoms with van der Waals surface area (Å²) in [5.74, 6) is 0. The highest BCUT2D eigenvalue weighted by atomic mass is 15.2. The predicted octanol–water partition coefficient (Wildman–Crippen LogP) is 7.39. The van der Waals surface area contributed by atoms with Gasteiger partial charge in [-0.05, 0) is 46.5 Å². The second-order valence-electron chi connectivity index (χ2n) is 11.0. The normalized spacial score (nSPS) is 11.8. The number of pyridine rings is 2. The van der Waals surface area contributed by atoms with Crippen LogP contribution >= 0.6 is 0 Å². The third kappa shape index (κ3) is 3.83. The zero-order chi connectivity index (χ0) is 27.5. The Morgan fingerprint density at radius 3 is 1.29 bits per heavy atom. The number of nitrogens with zero attached hydrogens (tertiary/aromatic N) is 4. The lowest BCUT2D eigenvalue weighted by Gasteiger charge is -2.12. The van der Waals surface area contributed by atoms with Crippen molar-refractivity contribution in [3.8, 4) is 22.3 Å². The molecule has 0 radical (unpaired) electrons. The third-order valence-electron chi connectivity index (χ3n) is 8.39. The molecule has 0 unspecified atom stereocenters. The Bertz CT molecular complexity index is 2080. The number of rotatable bonds is 4. The highest BCUT2D eigenvalue weighted by Crippen LogP contribution is 2.35. The molecular formula is C37H30N4+2. The Hall–Kier alpha value is -5.22. The fraction of sp³-hybridized carbons (Fsp3) is 0.0811. The van der Waals surface area contributed by atoms with Crippen molar-refractivity contribution in [2.75, 3.05) is 0 Å². The summed E-state index contributed by atoms with van der Waals surface area (Å²) in [6.45, 7) is 0.719. The van der Waals surface area contributed by atoms with Crippen molar-refractivity contribution in [2.24, 2.45) is 14.1 Å². The molecule has 0 N–H and O–H groups in total. The van der Waals surface area contributed by atoms with E-state index in [2.05, 4.69) is 166 Å². The molecule has 8 aromatic rings. The average molecular weight is 531 g/mol. The quantitative estimate of drug-likeness (QED) is 0.211. The minimum atomic E-state index is 0.719. The highest BCUT2D eigenvalue weighted by Gasteiger charge is 2.19. The first-order valence-electron chi connectivity index (χ1n) is 14.1. The maximum Gasteiger partial charge on any atom is 0.178 e. The predicted molar refractivity (Wildman–Crippen MR) is 168 cm³/mol. The molecule has 4 heteroatoms. The molecule has 0 bridgehead atoms. The maximum atomic E-state index is 2.47. The summed E-state index contributed by atoms with van der Waals surface area (Å²) in [4.78, 5) is 0.